The molecule has 0 bridgehead atoms. The van der Waals surface area contributed by atoms with Crippen LogP contribution >= 0.6 is 0 Å². The number of hydrogen-bond donors (Lipinski definition) is 3. The number of nitrogens with zero attached hydrogens (tertiary/aromatic N) is 1. The van der Waals surface area contributed by atoms with Crippen molar-refractivity contribution >= 4 is 11.6 Å². The Morgan fingerprint density at radius 1 is 1.16 bits per heavy atom. The fourth-order valence-corrected chi connectivity index (χ4v) is 1.37. The third kappa shape index (κ3) is 5.35. The molecule has 0 atom stereocenters. The molecule has 0 amide bonds. The number of rotatable bonds is 9. The van der Waals surface area contributed by atoms with Gasteiger partial charge in [0.2, 0.25) is 0 Å². The number of aromatic nitrogens is 1. The van der Waals surface area contributed by atoms with Crippen LogP contribution in [-0.4, -0.2) is 43.0 Å². The molecule has 0 spiro atoms. The van der Waals surface area contributed by atoms with Gasteiger partial charge in [-0.05, 0) is 6.42 Å². The highest BCUT2D eigenvalue weighted by Gasteiger charge is 2.11. The van der Waals surface area contributed by atoms with Crippen LogP contribution in [0, 0.1) is 11.6 Å². The van der Waals surface area contributed by atoms with Crippen molar-refractivity contribution in [2.45, 2.75) is 13.3 Å². The van der Waals surface area contributed by atoms with Crippen molar-refractivity contribution in [2.75, 3.05) is 43.5 Å². The number of anilines is 2. The minimum Gasteiger partial charge on any atom is -0.394 e. The van der Waals surface area contributed by atoms with E-state index in [-0.39, 0.29) is 24.8 Å². The van der Waals surface area contributed by atoms with Gasteiger partial charge in [0.1, 0.15) is 0 Å². The summed E-state index contributed by atoms with van der Waals surface area (Å²) in [4.78, 5) is 3.85. The second kappa shape index (κ2) is 8.60. The van der Waals surface area contributed by atoms with E-state index in [1.54, 1.807) is 0 Å². The van der Waals surface area contributed by atoms with Gasteiger partial charge in [0, 0.05) is 19.2 Å². The molecule has 0 aliphatic heterocycles. The SMILES string of the molecule is CCCNc1nc(NCCOCCO)c(F)cc1F. The van der Waals surface area contributed by atoms with Crippen LogP contribution in [0.3, 0.4) is 0 Å². The zero-order valence-electron chi connectivity index (χ0n) is 10.9. The van der Waals surface area contributed by atoms with E-state index < -0.39 is 11.6 Å². The second-order valence-corrected chi connectivity index (χ2v) is 3.84. The zero-order valence-corrected chi connectivity index (χ0v) is 10.9. The first-order valence-electron chi connectivity index (χ1n) is 6.21. The third-order valence-electron chi connectivity index (χ3n) is 2.25. The lowest BCUT2D eigenvalue weighted by molar-refractivity contribution is 0.0991. The summed E-state index contributed by atoms with van der Waals surface area (Å²) >= 11 is 0. The number of aliphatic hydroxyl groups is 1. The van der Waals surface area contributed by atoms with Gasteiger partial charge in [-0.2, -0.15) is 0 Å². The van der Waals surface area contributed by atoms with Gasteiger partial charge < -0.3 is 20.5 Å². The Morgan fingerprint density at radius 2 is 1.79 bits per heavy atom. The number of ether oxygens (including phenoxy) is 1. The van der Waals surface area contributed by atoms with Crippen molar-refractivity contribution in [1.82, 2.24) is 4.98 Å². The van der Waals surface area contributed by atoms with Crippen molar-refractivity contribution < 1.29 is 18.6 Å². The summed E-state index contributed by atoms with van der Waals surface area (Å²) in [5, 5.41) is 14.0. The van der Waals surface area contributed by atoms with Crippen molar-refractivity contribution in [3.63, 3.8) is 0 Å². The van der Waals surface area contributed by atoms with E-state index in [4.69, 9.17) is 9.84 Å². The molecule has 0 aliphatic carbocycles. The average molecular weight is 275 g/mol. The third-order valence-corrected chi connectivity index (χ3v) is 2.25. The number of nitrogens with one attached hydrogen (secondary N) is 2. The summed E-state index contributed by atoms with van der Waals surface area (Å²) in [6.45, 7) is 3.29. The predicted octanol–water partition coefficient (Wildman–Crippen LogP) is 1.60. The van der Waals surface area contributed by atoms with Crippen LogP contribution in [0.15, 0.2) is 6.07 Å². The molecule has 0 unspecified atom stereocenters. The molecule has 19 heavy (non-hydrogen) atoms. The molecule has 3 N–H and O–H groups in total. The predicted molar refractivity (Wildman–Crippen MR) is 69.3 cm³/mol. The van der Waals surface area contributed by atoms with E-state index in [0.717, 1.165) is 12.5 Å². The Balaban J connectivity index is 2.56. The van der Waals surface area contributed by atoms with Gasteiger partial charge in [0.15, 0.2) is 23.3 Å². The van der Waals surface area contributed by atoms with Gasteiger partial charge in [-0.1, -0.05) is 6.92 Å². The van der Waals surface area contributed by atoms with Crippen molar-refractivity contribution in [3.8, 4) is 0 Å². The first-order chi connectivity index (χ1) is 9.19. The molecule has 1 rings (SSSR count). The summed E-state index contributed by atoms with van der Waals surface area (Å²) in [7, 11) is 0. The molecule has 0 saturated heterocycles. The molecule has 108 valence electrons. The summed E-state index contributed by atoms with van der Waals surface area (Å²) < 4.78 is 31.9. The molecule has 7 heteroatoms. The number of halogens is 2. The van der Waals surface area contributed by atoms with E-state index in [9.17, 15) is 8.78 Å². The molecule has 1 aromatic heterocycles. The van der Waals surface area contributed by atoms with E-state index in [1.165, 1.54) is 0 Å². The van der Waals surface area contributed by atoms with E-state index in [1.807, 2.05) is 6.92 Å². The van der Waals surface area contributed by atoms with Crippen LogP contribution in [0.25, 0.3) is 0 Å². The Morgan fingerprint density at radius 3 is 2.37 bits per heavy atom. The highest BCUT2D eigenvalue weighted by molar-refractivity contribution is 5.47. The number of pyridine rings is 1. The normalized spacial score (nSPS) is 10.5. The lowest BCUT2D eigenvalue weighted by atomic mass is 10.3. The van der Waals surface area contributed by atoms with Crippen LogP contribution in [-0.2, 0) is 4.74 Å². The number of hydrogen-bond acceptors (Lipinski definition) is 5. The van der Waals surface area contributed by atoms with Crippen LogP contribution in [0.2, 0.25) is 0 Å². The molecule has 0 aliphatic rings. The Labute approximate surface area is 111 Å². The quantitative estimate of drug-likeness (QED) is 0.597. The van der Waals surface area contributed by atoms with Gasteiger partial charge in [-0.15, -0.1) is 0 Å². The lowest BCUT2D eigenvalue weighted by Gasteiger charge is -2.10. The monoisotopic (exact) mass is 275 g/mol. The summed E-state index contributed by atoms with van der Waals surface area (Å²) in [5.74, 6) is -1.45. The van der Waals surface area contributed by atoms with Gasteiger partial charge in [0.25, 0.3) is 0 Å². The summed E-state index contributed by atoms with van der Waals surface area (Å²) in [5.41, 5.74) is 0. The molecular formula is C12H19F2N3O2. The van der Waals surface area contributed by atoms with Crippen molar-refractivity contribution in [2.24, 2.45) is 0 Å². The number of aliphatic hydroxyl groups excluding tert-OH is 1. The Hall–Kier alpha value is -1.47. The standard InChI is InChI=1S/C12H19F2N3O2/c1-2-3-15-11-9(13)8-10(14)12(17-11)16-4-6-19-7-5-18/h8,18H,2-7H2,1H3,(H2,15,16,17). The van der Waals surface area contributed by atoms with Crippen LogP contribution < -0.4 is 10.6 Å². The lowest BCUT2D eigenvalue weighted by Crippen LogP contribution is -2.14. The van der Waals surface area contributed by atoms with Crippen LogP contribution in [0.4, 0.5) is 20.4 Å². The Kier molecular flexibility index (Phi) is 7.06. The van der Waals surface area contributed by atoms with E-state index in [2.05, 4.69) is 15.6 Å². The zero-order chi connectivity index (χ0) is 14.1. The van der Waals surface area contributed by atoms with Crippen LogP contribution in [0.5, 0.6) is 0 Å². The molecular weight excluding hydrogens is 256 g/mol. The molecule has 5 nitrogen and oxygen atoms in total. The first kappa shape index (κ1) is 15.6. The minimum atomic E-state index is -0.748. The molecule has 0 radical (unpaired) electrons. The minimum absolute atomic E-state index is 0.0207. The Bertz CT molecular complexity index is 391. The molecule has 1 aromatic rings. The fraction of sp³-hybridized carbons (Fsp3) is 0.583. The molecule has 0 aromatic carbocycles. The highest BCUT2D eigenvalue weighted by Crippen LogP contribution is 2.18. The van der Waals surface area contributed by atoms with Gasteiger partial charge in [0.05, 0.1) is 19.8 Å². The maximum absolute atomic E-state index is 13.5. The smallest absolute Gasteiger partial charge is 0.168 e. The van der Waals surface area contributed by atoms with Gasteiger partial charge in [-0.25, -0.2) is 13.8 Å². The molecule has 0 saturated carbocycles. The van der Waals surface area contributed by atoms with E-state index >= 15 is 0 Å². The largest absolute Gasteiger partial charge is 0.394 e. The topological polar surface area (TPSA) is 66.4 Å². The first-order valence-corrected chi connectivity index (χ1v) is 6.21. The van der Waals surface area contributed by atoms with Crippen LogP contribution in [0.1, 0.15) is 13.3 Å². The average Bonchev–Trinajstić information content (AvgIpc) is 2.39. The summed E-state index contributed by atoms with van der Waals surface area (Å²) in [6.07, 6.45) is 0.816. The molecule has 1 heterocycles. The maximum Gasteiger partial charge on any atom is 0.168 e. The van der Waals surface area contributed by atoms with Gasteiger partial charge >= 0.3 is 0 Å². The highest BCUT2D eigenvalue weighted by atomic mass is 19.1. The van der Waals surface area contributed by atoms with Crippen molar-refractivity contribution in [3.05, 3.63) is 17.7 Å². The van der Waals surface area contributed by atoms with E-state index in [0.29, 0.717) is 19.7 Å². The van der Waals surface area contributed by atoms with Crippen molar-refractivity contribution in [1.29, 1.82) is 0 Å². The fourth-order valence-electron chi connectivity index (χ4n) is 1.37. The second-order valence-electron chi connectivity index (χ2n) is 3.84. The van der Waals surface area contributed by atoms with Gasteiger partial charge in [-0.3, -0.25) is 0 Å². The maximum atomic E-state index is 13.5. The summed E-state index contributed by atoms with van der Waals surface area (Å²) in [6, 6.07) is 0.794. The molecule has 0 fully saturated rings.